The Morgan fingerprint density at radius 1 is 1.33 bits per heavy atom. The number of fused-ring (bicyclic) bond motifs is 2. The van der Waals surface area contributed by atoms with Crippen LogP contribution in [0.5, 0.6) is 0 Å². The topological polar surface area (TPSA) is 38.7 Å². The quantitative estimate of drug-likeness (QED) is 0.730. The van der Waals surface area contributed by atoms with E-state index in [0.29, 0.717) is 6.61 Å². The van der Waals surface area contributed by atoms with Gasteiger partial charge in [0.25, 0.3) is 0 Å². The maximum Gasteiger partial charge on any atom is 0.502 e. The molecule has 0 aromatic heterocycles. The summed E-state index contributed by atoms with van der Waals surface area (Å²) in [6.45, 7) is 1.04. The van der Waals surface area contributed by atoms with Crippen molar-refractivity contribution in [1.29, 1.82) is 0 Å². The molecule has 1 aromatic carbocycles. The van der Waals surface area contributed by atoms with Gasteiger partial charge in [0.1, 0.15) is 0 Å². The Hall–Kier alpha value is -0.875. The van der Waals surface area contributed by atoms with Crippen molar-refractivity contribution in [2.24, 2.45) is 0 Å². The third-order valence-electron chi connectivity index (χ3n) is 4.39. The number of hydrogen-bond acceptors (Lipinski definition) is 3. The van der Waals surface area contributed by atoms with Crippen molar-refractivity contribution < 1.29 is 18.8 Å². The van der Waals surface area contributed by atoms with E-state index in [9.17, 15) is 5.11 Å². The predicted octanol–water partition coefficient (Wildman–Crippen LogP) is 0.352. The lowest BCUT2D eigenvalue weighted by molar-refractivity contribution is -0.812. The van der Waals surface area contributed by atoms with Crippen molar-refractivity contribution in [3.8, 4) is 0 Å². The van der Waals surface area contributed by atoms with Crippen molar-refractivity contribution in [3.63, 3.8) is 0 Å². The molecule has 1 aromatic rings. The highest BCUT2D eigenvalue weighted by Gasteiger charge is 2.53. The molecule has 2 aliphatic rings. The molecule has 0 aliphatic carbocycles. The van der Waals surface area contributed by atoms with E-state index >= 15 is 0 Å². The van der Waals surface area contributed by atoms with Crippen LogP contribution in [0.15, 0.2) is 18.2 Å². The molecule has 3 rings (SSSR count). The normalized spacial score (nSPS) is 29.5. The molecule has 1 spiro atoms. The fourth-order valence-electron chi connectivity index (χ4n) is 3.31. The van der Waals surface area contributed by atoms with E-state index in [1.165, 1.54) is 5.56 Å². The van der Waals surface area contributed by atoms with Gasteiger partial charge in [-0.25, -0.2) is 0 Å². The first-order valence-electron chi connectivity index (χ1n) is 6.57. The first-order valence-corrected chi connectivity index (χ1v) is 6.57. The third-order valence-corrected chi connectivity index (χ3v) is 4.39. The molecule has 0 saturated carbocycles. The van der Waals surface area contributed by atoms with Crippen molar-refractivity contribution in [2.75, 3.05) is 27.2 Å². The minimum atomic E-state index is -1.45. The van der Waals surface area contributed by atoms with E-state index in [1.54, 1.807) is 0 Å². The average Bonchev–Trinajstić information content (AvgIpc) is 2.73. The van der Waals surface area contributed by atoms with Crippen LogP contribution in [-0.4, -0.2) is 43.4 Å². The number of aliphatic hydroxyl groups is 1. The Bertz CT molecular complexity index is 473. The van der Waals surface area contributed by atoms with Crippen LogP contribution >= 0.6 is 0 Å². The molecule has 1 unspecified atom stereocenters. The Morgan fingerprint density at radius 2 is 2.17 bits per heavy atom. The van der Waals surface area contributed by atoms with Gasteiger partial charge < -0.3 is 18.8 Å². The predicted molar refractivity (Wildman–Crippen MR) is 70.1 cm³/mol. The van der Waals surface area contributed by atoms with Crippen LogP contribution in [0, 0.1) is 0 Å². The summed E-state index contributed by atoms with van der Waals surface area (Å²) in [6, 6.07) is 6.06. The second-order valence-electron chi connectivity index (χ2n) is 5.90. The number of benzene rings is 1. The third kappa shape index (κ3) is 1.55. The Morgan fingerprint density at radius 3 is 2.89 bits per heavy atom. The number of hydrogen-bond donors (Lipinski definition) is 1. The lowest BCUT2D eigenvalue weighted by Gasteiger charge is -2.55. The molecule has 5 heteroatoms. The maximum absolute atomic E-state index is 9.31. The standard InChI is InChI=1S/C13H20BNO3/c1-15(2)6-3-7-17-14(15)13-8-11(9-16)4-5-12(13)10-18-14/h4-5,8,16H,3,6-7,9-10H2,1-2H3. The Balaban J connectivity index is 2.11. The van der Waals surface area contributed by atoms with E-state index in [1.807, 2.05) is 12.1 Å². The van der Waals surface area contributed by atoms with Crippen LogP contribution in [0.2, 0.25) is 0 Å². The lowest BCUT2D eigenvalue weighted by Crippen LogP contribution is -2.74. The van der Waals surface area contributed by atoms with Crippen LogP contribution in [0.1, 0.15) is 17.5 Å². The van der Waals surface area contributed by atoms with Crippen molar-refractivity contribution in [1.82, 2.24) is 0 Å². The van der Waals surface area contributed by atoms with Crippen LogP contribution in [-0.2, 0) is 22.5 Å². The minimum Gasteiger partial charge on any atom is -0.509 e. The van der Waals surface area contributed by atoms with E-state index < -0.39 is 6.69 Å². The minimum absolute atomic E-state index is 0.0624. The van der Waals surface area contributed by atoms with Gasteiger partial charge >= 0.3 is 6.69 Å². The van der Waals surface area contributed by atoms with Gasteiger partial charge in [-0.2, -0.15) is 0 Å². The zero-order chi connectivity index (χ0) is 12.8. The number of quaternary nitrogens is 1. The molecule has 18 heavy (non-hydrogen) atoms. The van der Waals surface area contributed by atoms with Gasteiger partial charge in [0.05, 0.1) is 6.61 Å². The lowest BCUT2D eigenvalue weighted by atomic mass is 9.58. The molecule has 4 nitrogen and oxygen atoms in total. The summed E-state index contributed by atoms with van der Waals surface area (Å²) >= 11 is 0. The average molecular weight is 249 g/mol. The van der Waals surface area contributed by atoms with E-state index in [4.69, 9.17) is 9.31 Å². The summed E-state index contributed by atoms with van der Waals surface area (Å²) in [4.78, 5) is 0. The molecule has 1 atom stereocenters. The Labute approximate surface area is 108 Å². The molecule has 1 saturated heterocycles. The first-order chi connectivity index (χ1) is 8.59. The van der Waals surface area contributed by atoms with Crippen LogP contribution in [0.3, 0.4) is 0 Å². The molecule has 0 radical (unpaired) electrons. The molecule has 2 heterocycles. The maximum atomic E-state index is 9.31. The number of aliphatic hydroxyl groups excluding tert-OH is 1. The fraction of sp³-hybridized carbons (Fsp3) is 0.538. The van der Waals surface area contributed by atoms with Crippen LogP contribution in [0.25, 0.3) is 0 Å². The molecule has 0 amide bonds. The van der Waals surface area contributed by atoms with Gasteiger partial charge in [-0.15, -0.1) is 0 Å². The summed E-state index contributed by atoms with van der Waals surface area (Å²) in [5.41, 5.74) is 3.27. The summed E-state index contributed by atoms with van der Waals surface area (Å²) in [5, 5.41) is 9.31. The zero-order valence-electron chi connectivity index (χ0n) is 11.1. The second-order valence-corrected chi connectivity index (χ2v) is 5.90. The number of nitrogens with zero attached hydrogens (tertiary/aromatic N) is 1. The van der Waals surface area contributed by atoms with E-state index in [0.717, 1.165) is 35.0 Å². The zero-order valence-corrected chi connectivity index (χ0v) is 11.1. The smallest absolute Gasteiger partial charge is 0.502 e. The summed E-state index contributed by atoms with van der Waals surface area (Å²) in [7, 11) is 4.33. The van der Waals surface area contributed by atoms with E-state index in [-0.39, 0.29) is 6.61 Å². The second kappa shape index (κ2) is 4.06. The van der Waals surface area contributed by atoms with Gasteiger partial charge in [-0.05, 0) is 11.1 Å². The largest absolute Gasteiger partial charge is 0.509 e. The Kier molecular flexibility index (Phi) is 2.75. The molecular weight excluding hydrogens is 229 g/mol. The van der Waals surface area contributed by atoms with Crippen molar-refractivity contribution >= 4 is 12.1 Å². The van der Waals surface area contributed by atoms with Gasteiger partial charge in [0, 0.05) is 40.3 Å². The van der Waals surface area contributed by atoms with Gasteiger partial charge in [-0.3, -0.25) is 0 Å². The number of rotatable bonds is 1. The molecule has 98 valence electrons. The summed E-state index contributed by atoms with van der Waals surface area (Å²) < 4.78 is 12.9. The fourth-order valence-corrected chi connectivity index (χ4v) is 3.31. The van der Waals surface area contributed by atoms with Crippen LogP contribution < -0.4 is 5.46 Å². The van der Waals surface area contributed by atoms with Crippen molar-refractivity contribution in [2.45, 2.75) is 19.6 Å². The first kappa shape index (κ1) is 12.2. The highest BCUT2D eigenvalue weighted by molar-refractivity contribution is 6.76. The van der Waals surface area contributed by atoms with E-state index in [2.05, 4.69) is 20.2 Å². The highest BCUT2D eigenvalue weighted by Crippen LogP contribution is 2.31. The molecule has 1 N–H and O–H groups in total. The van der Waals surface area contributed by atoms with Gasteiger partial charge in [0.2, 0.25) is 0 Å². The molecule has 2 aliphatic heterocycles. The van der Waals surface area contributed by atoms with Gasteiger partial charge in [-0.1, -0.05) is 23.7 Å². The van der Waals surface area contributed by atoms with Gasteiger partial charge in [0.15, 0.2) is 0 Å². The SMILES string of the molecule is C[N+]1(C)CCCO[B-]12OCc1ccc(CO)cc12. The monoisotopic (exact) mass is 249 g/mol. The summed E-state index contributed by atoms with van der Waals surface area (Å²) in [6.07, 6.45) is 1.06. The highest BCUT2D eigenvalue weighted by atomic mass is 16.6. The molecule has 0 bridgehead atoms. The molecule has 1 fully saturated rings. The summed E-state index contributed by atoms with van der Waals surface area (Å²) in [5.74, 6) is 0. The van der Waals surface area contributed by atoms with Crippen molar-refractivity contribution in [3.05, 3.63) is 29.3 Å². The molecular formula is C13H20BNO3. The van der Waals surface area contributed by atoms with Crippen LogP contribution in [0.4, 0.5) is 0 Å².